The molecule has 0 radical (unpaired) electrons. The number of amides is 1. The van der Waals surface area contributed by atoms with Gasteiger partial charge in [-0.3, -0.25) is 9.69 Å². The number of fused-ring (bicyclic) bond motifs is 2. The summed E-state index contributed by atoms with van der Waals surface area (Å²) in [5, 5.41) is 1.11. The first-order valence-corrected chi connectivity index (χ1v) is 12.3. The molecule has 0 atom stereocenters. The normalized spacial score (nSPS) is 19.9. The zero-order chi connectivity index (χ0) is 22.4. The number of benzene rings is 1. The molecule has 0 N–H and O–H groups in total. The summed E-state index contributed by atoms with van der Waals surface area (Å²) in [6, 6.07) is 11.0. The number of hydrogen-bond donors (Lipinski definition) is 0. The zero-order valence-electron chi connectivity index (χ0n) is 19.4. The Labute approximate surface area is 195 Å². The van der Waals surface area contributed by atoms with Crippen LogP contribution in [0.2, 0.25) is 0 Å². The van der Waals surface area contributed by atoms with Gasteiger partial charge >= 0.3 is 0 Å². The molecule has 33 heavy (non-hydrogen) atoms. The lowest BCUT2D eigenvalue weighted by Crippen LogP contribution is -2.52. The second-order valence-corrected chi connectivity index (χ2v) is 9.69. The summed E-state index contributed by atoms with van der Waals surface area (Å²) >= 11 is 0. The Bertz CT molecular complexity index is 1170. The molecule has 0 unspecified atom stereocenters. The first-order chi connectivity index (χ1) is 16.2. The summed E-state index contributed by atoms with van der Waals surface area (Å²) in [5.41, 5.74) is 4.12. The van der Waals surface area contributed by atoms with Gasteiger partial charge in [-0.05, 0) is 37.0 Å². The minimum Gasteiger partial charge on any atom is -0.340 e. The van der Waals surface area contributed by atoms with E-state index in [1.54, 1.807) is 0 Å². The zero-order valence-corrected chi connectivity index (χ0v) is 19.4. The molecule has 2 aromatic heterocycles. The summed E-state index contributed by atoms with van der Waals surface area (Å²) < 4.78 is 2.01. The predicted octanol–water partition coefficient (Wildman–Crippen LogP) is 2.88. The minimum atomic E-state index is 0.0989. The summed E-state index contributed by atoms with van der Waals surface area (Å²) in [6.07, 6.45) is 7.70. The van der Waals surface area contributed by atoms with Gasteiger partial charge < -0.3 is 14.4 Å². The van der Waals surface area contributed by atoms with Gasteiger partial charge in [-0.2, -0.15) is 0 Å². The van der Waals surface area contributed by atoms with Gasteiger partial charge in [0.2, 0.25) is 5.95 Å². The fourth-order valence-corrected chi connectivity index (χ4v) is 5.52. The van der Waals surface area contributed by atoms with Gasteiger partial charge in [-0.15, -0.1) is 0 Å². The second kappa shape index (κ2) is 8.45. The second-order valence-electron chi connectivity index (χ2n) is 9.69. The highest BCUT2D eigenvalue weighted by Crippen LogP contribution is 2.27. The minimum absolute atomic E-state index is 0.0989. The number of piperazine rings is 1. The van der Waals surface area contributed by atoms with Crippen LogP contribution in [0.3, 0.4) is 0 Å². The van der Waals surface area contributed by atoms with Gasteiger partial charge in [0, 0.05) is 75.9 Å². The van der Waals surface area contributed by atoms with E-state index in [2.05, 4.69) is 21.9 Å². The smallest absolute Gasteiger partial charge is 0.270 e. The van der Waals surface area contributed by atoms with Gasteiger partial charge in [0.15, 0.2) is 0 Å². The molecule has 2 aliphatic heterocycles. The number of nitrogens with zero attached hydrogens (tertiary/aromatic N) is 6. The molecular weight excluding hydrogens is 412 g/mol. The topological polar surface area (TPSA) is 57.5 Å². The van der Waals surface area contributed by atoms with Crippen molar-refractivity contribution >= 4 is 22.8 Å². The summed E-state index contributed by atoms with van der Waals surface area (Å²) in [7, 11) is 1.98. The Morgan fingerprint density at radius 2 is 1.79 bits per heavy atom. The number of aryl methyl sites for hydroxylation is 1. The number of hydrogen-bond acceptors (Lipinski definition) is 5. The largest absolute Gasteiger partial charge is 0.340 e. The molecule has 1 amide bonds. The Balaban J connectivity index is 1.14. The van der Waals surface area contributed by atoms with Crippen molar-refractivity contribution in [2.24, 2.45) is 7.05 Å². The first-order valence-electron chi connectivity index (χ1n) is 12.3. The van der Waals surface area contributed by atoms with Crippen LogP contribution in [0, 0.1) is 0 Å². The van der Waals surface area contributed by atoms with Gasteiger partial charge in [0.05, 0.1) is 5.69 Å². The highest BCUT2D eigenvalue weighted by molar-refractivity contribution is 5.98. The van der Waals surface area contributed by atoms with Crippen LogP contribution < -0.4 is 4.90 Å². The first kappa shape index (κ1) is 20.7. The van der Waals surface area contributed by atoms with Crippen molar-refractivity contribution in [3.8, 4) is 0 Å². The van der Waals surface area contributed by atoms with E-state index in [0.717, 1.165) is 73.3 Å². The van der Waals surface area contributed by atoms with E-state index >= 15 is 0 Å². The fraction of sp³-hybridized carbons (Fsp3) is 0.500. The Hall–Kier alpha value is -2.93. The molecule has 7 heteroatoms. The lowest BCUT2D eigenvalue weighted by Gasteiger charge is -2.43. The van der Waals surface area contributed by atoms with Crippen molar-refractivity contribution in [1.82, 2.24) is 24.3 Å². The lowest BCUT2D eigenvalue weighted by molar-refractivity contribution is 0.0754. The summed E-state index contributed by atoms with van der Waals surface area (Å²) in [5.74, 6) is 0.956. The molecule has 0 bridgehead atoms. The molecule has 1 saturated heterocycles. The average molecular weight is 445 g/mol. The number of para-hydroxylation sites is 1. The molecule has 7 nitrogen and oxygen atoms in total. The Morgan fingerprint density at radius 3 is 2.55 bits per heavy atom. The molecule has 172 valence electrons. The maximum absolute atomic E-state index is 13.4. The van der Waals surface area contributed by atoms with E-state index in [1.807, 2.05) is 40.9 Å². The van der Waals surface area contributed by atoms with Gasteiger partial charge in [0.1, 0.15) is 5.69 Å². The van der Waals surface area contributed by atoms with Crippen molar-refractivity contribution in [1.29, 1.82) is 0 Å². The third-order valence-electron chi connectivity index (χ3n) is 7.86. The SMILES string of the molecule is Cn1c(C(=O)N2CCc3cnc(N4CCN(C5CCC5)CC4)nc3CC2)cc2ccccc21. The van der Waals surface area contributed by atoms with Crippen LogP contribution >= 0.6 is 0 Å². The summed E-state index contributed by atoms with van der Waals surface area (Å²) in [4.78, 5) is 30.0. The van der Waals surface area contributed by atoms with Crippen LogP contribution in [-0.4, -0.2) is 75.6 Å². The molecule has 1 aromatic carbocycles. The third kappa shape index (κ3) is 3.78. The fourth-order valence-electron chi connectivity index (χ4n) is 5.52. The standard InChI is InChI=1S/C26H32N6O/c1-29-23-8-3-2-5-19(23)17-24(29)25(33)31-11-9-20-18-27-26(28-22(20)10-12-31)32-15-13-30(14-16-32)21-6-4-7-21/h2-3,5,8,17-18,21H,4,6-7,9-16H2,1H3. The van der Waals surface area contributed by atoms with Crippen molar-refractivity contribution < 1.29 is 4.79 Å². The predicted molar refractivity (Wildman–Crippen MR) is 130 cm³/mol. The lowest BCUT2D eigenvalue weighted by atomic mass is 9.91. The van der Waals surface area contributed by atoms with Crippen LogP contribution in [0.4, 0.5) is 5.95 Å². The molecule has 0 spiro atoms. The van der Waals surface area contributed by atoms with E-state index in [9.17, 15) is 4.79 Å². The molecule has 1 saturated carbocycles. The van der Waals surface area contributed by atoms with E-state index in [4.69, 9.17) is 9.97 Å². The molecule has 4 heterocycles. The third-order valence-corrected chi connectivity index (χ3v) is 7.86. The van der Waals surface area contributed by atoms with Crippen molar-refractivity contribution in [2.45, 2.75) is 38.1 Å². The number of rotatable bonds is 3. The van der Waals surface area contributed by atoms with Crippen LogP contribution in [0.25, 0.3) is 10.9 Å². The summed E-state index contributed by atoms with van der Waals surface area (Å²) in [6.45, 7) is 5.62. The molecule has 3 aliphatic rings. The van der Waals surface area contributed by atoms with Gasteiger partial charge in [0.25, 0.3) is 5.91 Å². The average Bonchev–Trinajstić information content (AvgIpc) is 3.00. The Kier molecular flexibility index (Phi) is 5.29. The maximum Gasteiger partial charge on any atom is 0.270 e. The highest BCUT2D eigenvalue weighted by Gasteiger charge is 2.29. The molecule has 3 aromatic rings. The highest BCUT2D eigenvalue weighted by atomic mass is 16.2. The van der Waals surface area contributed by atoms with Crippen molar-refractivity contribution in [3.63, 3.8) is 0 Å². The van der Waals surface area contributed by atoms with Crippen LogP contribution in [0.5, 0.6) is 0 Å². The Morgan fingerprint density at radius 1 is 1.00 bits per heavy atom. The maximum atomic E-state index is 13.4. The van der Waals surface area contributed by atoms with E-state index in [0.29, 0.717) is 13.1 Å². The van der Waals surface area contributed by atoms with Crippen molar-refractivity contribution in [2.75, 3.05) is 44.2 Å². The quantitative estimate of drug-likeness (QED) is 0.622. The monoisotopic (exact) mass is 444 g/mol. The van der Waals surface area contributed by atoms with Crippen LogP contribution in [0.1, 0.15) is 41.0 Å². The molecule has 6 rings (SSSR count). The molecule has 2 fully saturated rings. The van der Waals surface area contributed by atoms with E-state index in [1.165, 1.54) is 24.8 Å². The van der Waals surface area contributed by atoms with Gasteiger partial charge in [-0.25, -0.2) is 9.97 Å². The van der Waals surface area contributed by atoms with E-state index in [-0.39, 0.29) is 5.91 Å². The van der Waals surface area contributed by atoms with Crippen LogP contribution in [0.15, 0.2) is 36.5 Å². The number of carbonyl (C=O) groups is 1. The number of anilines is 1. The molecule has 1 aliphatic carbocycles. The van der Waals surface area contributed by atoms with E-state index < -0.39 is 0 Å². The number of carbonyl (C=O) groups excluding carboxylic acids is 1. The number of aromatic nitrogens is 3. The van der Waals surface area contributed by atoms with Gasteiger partial charge in [-0.1, -0.05) is 24.6 Å². The van der Waals surface area contributed by atoms with Crippen molar-refractivity contribution in [3.05, 3.63) is 53.5 Å². The van der Waals surface area contributed by atoms with Crippen LogP contribution in [-0.2, 0) is 19.9 Å². The molecular formula is C26H32N6O.